The number of nitrogens with zero attached hydrogens (tertiary/aromatic N) is 1. The van der Waals surface area contributed by atoms with E-state index in [2.05, 4.69) is 16.4 Å². The highest BCUT2D eigenvalue weighted by molar-refractivity contribution is 5.79. The lowest BCUT2D eigenvalue weighted by atomic mass is 10.2. The highest BCUT2D eigenvalue weighted by Crippen LogP contribution is 2.45. The van der Waals surface area contributed by atoms with Crippen molar-refractivity contribution in [3.8, 4) is 6.57 Å². The van der Waals surface area contributed by atoms with Gasteiger partial charge in [-0.05, 0) is 19.8 Å². The average Bonchev–Trinajstić information content (AvgIpc) is 2.50. The van der Waals surface area contributed by atoms with Crippen molar-refractivity contribution >= 4 is 5.97 Å². The quantitative estimate of drug-likeness (QED) is 0.494. The molecule has 1 fully saturated rings. The van der Waals surface area contributed by atoms with Gasteiger partial charge in [0.05, 0.1) is 5.41 Å². The summed E-state index contributed by atoms with van der Waals surface area (Å²) in [5.41, 5.74) is -0.275. The summed E-state index contributed by atoms with van der Waals surface area (Å²) in [5, 5.41) is 2.79. The minimum absolute atomic E-state index is 0.275. The lowest BCUT2D eigenvalue weighted by Gasteiger charge is -1.92. The maximum atomic E-state index is 10.7. The number of hydrogen-bond donors (Lipinski definition) is 0. The molecule has 3 heteroatoms. The summed E-state index contributed by atoms with van der Waals surface area (Å²) >= 11 is 0. The van der Waals surface area contributed by atoms with Crippen LogP contribution < -0.4 is 0 Å². The van der Waals surface area contributed by atoms with E-state index in [1.807, 2.05) is 6.92 Å². The summed E-state index contributed by atoms with van der Waals surface area (Å²) in [5.74, 6) is -0.315. The standard InChI is InChI=1S/C6H8NO2/c1-6(3-4-6)5(8)9-7-2/h2H,3-4H2,1H3/q+1. The van der Waals surface area contributed by atoms with Gasteiger partial charge in [0, 0.05) is 0 Å². The molecule has 0 saturated heterocycles. The molecule has 1 saturated carbocycles. The van der Waals surface area contributed by atoms with Crippen molar-refractivity contribution in [3.05, 3.63) is 5.01 Å². The number of rotatable bonds is 1. The third-order valence-corrected chi connectivity index (χ3v) is 1.63. The molecular weight excluding hydrogens is 118 g/mol. The van der Waals surface area contributed by atoms with E-state index in [0.29, 0.717) is 0 Å². The van der Waals surface area contributed by atoms with Crippen LogP contribution in [0.15, 0.2) is 0 Å². The van der Waals surface area contributed by atoms with Crippen LogP contribution >= 0.6 is 0 Å². The maximum Gasteiger partial charge on any atom is 0.405 e. The van der Waals surface area contributed by atoms with Gasteiger partial charge in [0.25, 0.3) is 0 Å². The first-order valence-electron chi connectivity index (χ1n) is 2.81. The van der Waals surface area contributed by atoms with Crippen LogP contribution in [-0.4, -0.2) is 5.97 Å². The first-order chi connectivity index (χ1) is 4.19. The van der Waals surface area contributed by atoms with Crippen LogP contribution in [0.25, 0.3) is 5.01 Å². The van der Waals surface area contributed by atoms with Crippen molar-refractivity contribution in [2.45, 2.75) is 19.8 Å². The van der Waals surface area contributed by atoms with E-state index < -0.39 is 0 Å². The zero-order valence-corrected chi connectivity index (χ0v) is 5.26. The molecule has 1 aliphatic rings. The third-order valence-electron chi connectivity index (χ3n) is 1.63. The molecule has 48 valence electrons. The van der Waals surface area contributed by atoms with Crippen molar-refractivity contribution in [3.63, 3.8) is 0 Å². The van der Waals surface area contributed by atoms with Gasteiger partial charge in [-0.3, -0.25) is 0 Å². The predicted molar refractivity (Wildman–Crippen MR) is 31.7 cm³/mol. The fourth-order valence-corrected chi connectivity index (χ4v) is 0.550. The number of carbonyl (C=O) groups excluding carboxylic acids is 1. The fraction of sp³-hybridized carbons (Fsp3) is 0.667. The van der Waals surface area contributed by atoms with E-state index in [9.17, 15) is 4.79 Å². The van der Waals surface area contributed by atoms with E-state index >= 15 is 0 Å². The van der Waals surface area contributed by atoms with Crippen LogP contribution in [-0.2, 0) is 9.63 Å². The molecule has 0 bridgehead atoms. The Hall–Kier alpha value is -1.04. The van der Waals surface area contributed by atoms with Crippen molar-refractivity contribution < 1.29 is 9.63 Å². The zero-order chi connectivity index (χ0) is 6.91. The van der Waals surface area contributed by atoms with E-state index in [4.69, 9.17) is 0 Å². The van der Waals surface area contributed by atoms with Gasteiger partial charge in [-0.15, -0.1) is 0 Å². The minimum Gasteiger partial charge on any atom is -0.243 e. The summed E-state index contributed by atoms with van der Waals surface area (Å²) < 4.78 is 0. The van der Waals surface area contributed by atoms with Gasteiger partial charge in [0.1, 0.15) is 0 Å². The Kier molecular flexibility index (Phi) is 1.17. The molecular formula is C6H8NO2+. The SMILES string of the molecule is C#[N+]OC(=O)C1(C)CC1. The molecule has 1 aliphatic carbocycles. The molecule has 0 atom stereocenters. The predicted octanol–water partition coefficient (Wildman–Crippen LogP) is 1.21. The van der Waals surface area contributed by atoms with E-state index in [-0.39, 0.29) is 11.4 Å². The van der Waals surface area contributed by atoms with E-state index in [0.717, 1.165) is 12.8 Å². The Labute approximate surface area is 53.4 Å². The molecule has 0 amide bonds. The molecule has 0 spiro atoms. The van der Waals surface area contributed by atoms with Crippen molar-refractivity contribution in [2.24, 2.45) is 5.41 Å². The lowest BCUT2D eigenvalue weighted by Crippen LogP contribution is -2.11. The molecule has 0 radical (unpaired) electrons. The van der Waals surface area contributed by atoms with Crippen LogP contribution in [0.5, 0.6) is 0 Å². The molecule has 0 N–H and O–H groups in total. The van der Waals surface area contributed by atoms with Gasteiger partial charge in [-0.1, -0.05) is 4.84 Å². The minimum atomic E-state index is -0.315. The second-order valence-electron chi connectivity index (χ2n) is 2.54. The Morgan fingerprint density at radius 3 is 2.67 bits per heavy atom. The van der Waals surface area contributed by atoms with Crippen molar-refractivity contribution in [1.29, 1.82) is 0 Å². The summed E-state index contributed by atoms with van der Waals surface area (Å²) in [7, 11) is 0. The fourth-order valence-electron chi connectivity index (χ4n) is 0.550. The monoisotopic (exact) mass is 126 g/mol. The molecule has 0 unspecified atom stereocenters. The van der Waals surface area contributed by atoms with Crippen LogP contribution in [0, 0.1) is 12.0 Å². The Morgan fingerprint density at radius 1 is 1.78 bits per heavy atom. The third kappa shape index (κ3) is 1.02. The van der Waals surface area contributed by atoms with Crippen molar-refractivity contribution in [2.75, 3.05) is 0 Å². The van der Waals surface area contributed by atoms with Crippen LogP contribution in [0.4, 0.5) is 0 Å². The number of carbonyl (C=O) groups is 1. The van der Waals surface area contributed by atoms with Gasteiger partial charge in [0.2, 0.25) is 5.01 Å². The normalized spacial score (nSPS) is 20.0. The molecule has 1 rings (SSSR count). The van der Waals surface area contributed by atoms with Gasteiger partial charge in [0.15, 0.2) is 0 Å². The molecule has 0 aromatic rings. The molecule has 0 aromatic carbocycles. The largest absolute Gasteiger partial charge is 0.405 e. The van der Waals surface area contributed by atoms with Gasteiger partial charge < -0.3 is 0 Å². The first-order valence-corrected chi connectivity index (χ1v) is 2.81. The Bertz CT molecular complexity index is 176. The Balaban J connectivity index is 2.45. The zero-order valence-electron chi connectivity index (χ0n) is 5.26. The average molecular weight is 126 g/mol. The highest BCUT2D eigenvalue weighted by atomic mass is 16.7. The van der Waals surface area contributed by atoms with E-state index in [1.54, 1.807) is 0 Å². The molecule has 0 heterocycles. The van der Waals surface area contributed by atoms with Crippen LogP contribution in [0.1, 0.15) is 19.8 Å². The topological polar surface area (TPSA) is 30.7 Å². The van der Waals surface area contributed by atoms with Crippen LogP contribution in [0.3, 0.4) is 0 Å². The molecule has 0 aliphatic heterocycles. The lowest BCUT2D eigenvalue weighted by molar-refractivity contribution is -0.143. The van der Waals surface area contributed by atoms with Crippen LogP contribution in [0.2, 0.25) is 0 Å². The summed E-state index contributed by atoms with van der Waals surface area (Å²) in [6, 6.07) is 0. The highest BCUT2D eigenvalue weighted by Gasteiger charge is 2.49. The van der Waals surface area contributed by atoms with Gasteiger partial charge in [-0.25, -0.2) is 4.79 Å². The summed E-state index contributed by atoms with van der Waals surface area (Å²) in [6.45, 7) is 6.47. The van der Waals surface area contributed by atoms with Gasteiger partial charge in [-0.2, -0.15) is 0 Å². The van der Waals surface area contributed by atoms with Gasteiger partial charge >= 0.3 is 12.5 Å². The van der Waals surface area contributed by atoms with Crippen molar-refractivity contribution in [1.82, 2.24) is 0 Å². The Morgan fingerprint density at radius 2 is 2.33 bits per heavy atom. The molecule has 3 nitrogen and oxygen atoms in total. The second-order valence-corrected chi connectivity index (χ2v) is 2.54. The summed E-state index contributed by atoms with van der Waals surface area (Å²) in [4.78, 5) is 15.0. The smallest absolute Gasteiger partial charge is 0.243 e. The molecule has 0 aromatic heterocycles. The number of hydrogen-bond acceptors (Lipinski definition) is 2. The summed E-state index contributed by atoms with van der Waals surface area (Å²) in [6.07, 6.45) is 1.78. The maximum absolute atomic E-state index is 10.7. The molecule has 9 heavy (non-hydrogen) atoms. The first kappa shape index (κ1) is 6.09. The second kappa shape index (κ2) is 1.73. The van der Waals surface area contributed by atoms with E-state index in [1.165, 1.54) is 0 Å².